The predicted molar refractivity (Wildman–Crippen MR) is 70.9 cm³/mol. The van der Waals surface area contributed by atoms with Crippen LogP contribution in [0.2, 0.25) is 0 Å². The van der Waals surface area contributed by atoms with E-state index in [-0.39, 0.29) is 11.7 Å². The Morgan fingerprint density at radius 3 is 2.83 bits per heavy atom. The van der Waals surface area contributed by atoms with Gasteiger partial charge in [-0.25, -0.2) is 4.98 Å². The van der Waals surface area contributed by atoms with Crippen molar-refractivity contribution >= 4 is 17.2 Å². The molecule has 1 aromatic carbocycles. The van der Waals surface area contributed by atoms with Crippen LogP contribution < -0.4 is 5.32 Å². The number of nitrogens with one attached hydrogen (secondary N) is 1. The third-order valence-electron chi connectivity index (χ3n) is 2.55. The molecule has 2 aromatic rings. The summed E-state index contributed by atoms with van der Waals surface area (Å²) in [5, 5.41) is 13.2. The van der Waals surface area contributed by atoms with Crippen LogP contribution in [0.1, 0.15) is 25.8 Å². The second kappa shape index (κ2) is 5.18. The first kappa shape index (κ1) is 12.6. The van der Waals surface area contributed by atoms with Gasteiger partial charge in [0.05, 0.1) is 11.6 Å². The maximum Gasteiger partial charge on any atom is 0.251 e. The highest BCUT2D eigenvalue weighted by atomic mass is 32.1. The van der Waals surface area contributed by atoms with Gasteiger partial charge >= 0.3 is 0 Å². The monoisotopic (exact) mass is 262 g/mol. The van der Waals surface area contributed by atoms with Crippen molar-refractivity contribution in [1.82, 2.24) is 10.3 Å². The Hall–Kier alpha value is -1.88. The van der Waals surface area contributed by atoms with Gasteiger partial charge < -0.3 is 10.4 Å². The number of carbonyl (C=O) groups excluding carboxylic acids is 1. The molecular weight excluding hydrogens is 248 g/mol. The number of aromatic hydroxyl groups is 1. The first-order valence-electron chi connectivity index (χ1n) is 5.55. The van der Waals surface area contributed by atoms with Crippen LogP contribution in [0.4, 0.5) is 0 Å². The van der Waals surface area contributed by atoms with Gasteiger partial charge in [0.1, 0.15) is 5.75 Å². The predicted octanol–water partition coefficient (Wildman–Crippen LogP) is 2.40. The summed E-state index contributed by atoms with van der Waals surface area (Å²) in [6, 6.07) is 4.80. The second-order valence-electron chi connectivity index (χ2n) is 4.03. The molecule has 1 aromatic heterocycles. The van der Waals surface area contributed by atoms with Gasteiger partial charge in [0.25, 0.3) is 5.91 Å². The summed E-state index contributed by atoms with van der Waals surface area (Å²) in [6.07, 6.45) is 1.77. The fourth-order valence-electron chi connectivity index (χ4n) is 1.55. The number of phenolic OH excluding ortho intramolecular Hbond substituents is 1. The molecule has 0 saturated carbocycles. The molecule has 1 heterocycles. The molecule has 2 N–H and O–H groups in total. The lowest BCUT2D eigenvalue weighted by Crippen LogP contribution is -2.22. The van der Waals surface area contributed by atoms with Crippen LogP contribution >= 0.6 is 11.3 Å². The Morgan fingerprint density at radius 2 is 2.22 bits per heavy atom. The molecule has 0 unspecified atom stereocenters. The standard InChI is InChI=1S/C13H14N2O2S/c1-8-5-10(3-4-12(8)16)13(17)15-7-11-6-14-9(2)18-11/h3-6,16H,7H2,1-2H3,(H,15,17). The molecule has 0 fully saturated rings. The van der Waals surface area contributed by atoms with Crippen molar-refractivity contribution < 1.29 is 9.90 Å². The van der Waals surface area contributed by atoms with Crippen molar-refractivity contribution in [3.05, 3.63) is 45.4 Å². The molecule has 18 heavy (non-hydrogen) atoms. The van der Waals surface area contributed by atoms with Crippen LogP contribution in [0.15, 0.2) is 24.4 Å². The summed E-state index contributed by atoms with van der Waals surface area (Å²) in [5.74, 6) is 0.0498. The number of aryl methyl sites for hydroxylation is 2. The van der Waals surface area contributed by atoms with Crippen LogP contribution in [-0.2, 0) is 6.54 Å². The van der Waals surface area contributed by atoms with Crippen molar-refractivity contribution in [1.29, 1.82) is 0 Å². The van der Waals surface area contributed by atoms with E-state index < -0.39 is 0 Å². The quantitative estimate of drug-likeness (QED) is 0.892. The minimum atomic E-state index is -0.149. The largest absolute Gasteiger partial charge is 0.508 e. The van der Waals surface area contributed by atoms with Gasteiger partial charge in [0.15, 0.2) is 0 Å². The Labute approximate surface area is 109 Å². The van der Waals surface area contributed by atoms with E-state index in [1.807, 2.05) is 6.92 Å². The van der Waals surface area contributed by atoms with E-state index in [1.165, 1.54) is 6.07 Å². The van der Waals surface area contributed by atoms with Gasteiger partial charge in [-0.1, -0.05) is 0 Å². The average Bonchev–Trinajstić information content (AvgIpc) is 2.75. The Bertz CT molecular complexity index is 578. The van der Waals surface area contributed by atoms with E-state index in [2.05, 4.69) is 10.3 Å². The van der Waals surface area contributed by atoms with E-state index in [9.17, 15) is 9.90 Å². The van der Waals surface area contributed by atoms with Gasteiger partial charge in [-0.2, -0.15) is 0 Å². The number of phenols is 1. The van der Waals surface area contributed by atoms with E-state index in [0.717, 1.165) is 9.88 Å². The Morgan fingerprint density at radius 1 is 1.44 bits per heavy atom. The van der Waals surface area contributed by atoms with Crippen LogP contribution in [0.25, 0.3) is 0 Å². The smallest absolute Gasteiger partial charge is 0.251 e. The number of benzene rings is 1. The van der Waals surface area contributed by atoms with Crippen molar-refractivity contribution in [3.63, 3.8) is 0 Å². The molecule has 0 radical (unpaired) electrons. The zero-order valence-corrected chi connectivity index (χ0v) is 11.0. The number of hydrogen-bond donors (Lipinski definition) is 2. The highest BCUT2D eigenvalue weighted by molar-refractivity contribution is 7.11. The topological polar surface area (TPSA) is 62.2 Å². The molecule has 0 saturated heterocycles. The first-order valence-corrected chi connectivity index (χ1v) is 6.37. The zero-order valence-electron chi connectivity index (χ0n) is 10.2. The summed E-state index contributed by atoms with van der Waals surface area (Å²) in [5.41, 5.74) is 1.24. The number of amides is 1. The van der Waals surface area contributed by atoms with Gasteiger partial charge in [-0.15, -0.1) is 11.3 Å². The van der Waals surface area contributed by atoms with Gasteiger partial charge in [-0.3, -0.25) is 4.79 Å². The molecular formula is C13H14N2O2S. The minimum Gasteiger partial charge on any atom is -0.508 e. The summed E-state index contributed by atoms with van der Waals surface area (Å²) in [6.45, 7) is 4.17. The number of aromatic nitrogens is 1. The van der Waals surface area contributed by atoms with Crippen LogP contribution in [0.3, 0.4) is 0 Å². The Kier molecular flexibility index (Phi) is 3.62. The fourth-order valence-corrected chi connectivity index (χ4v) is 2.29. The second-order valence-corrected chi connectivity index (χ2v) is 5.35. The molecule has 0 aliphatic rings. The molecule has 4 nitrogen and oxygen atoms in total. The number of rotatable bonds is 3. The van der Waals surface area contributed by atoms with Crippen molar-refractivity contribution in [2.24, 2.45) is 0 Å². The molecule has 0 aliphatic carbocycles. The summed E-state index contributed by atoms with van der Waals surface area (Å²) >= 11 is 1.56. The molecule has 0 aliphatic heterocycles. The molecule has 0 spiro atoms. The average molecular weight is 262 g/mol. The summed E-state index contributed by atoms with van der Waals surface area (Å²) < 4.78 is 0. The van der Waals surface area contributed by atoms with E-state index >= 15 is 0 Å². The summed E-state index contributed by atoms with van der Waals surface area (Å²) in [7, 11) is 0. The molecule has 5 heteroatoms. The SMILES string of the molecule is Cc1ncc(CNC(=O)c2ccc(O)c(C)c2)s1. The number of hydrogen-bond acceptors (Lipinski definition) is 4. The van der Waals surface area contributed by atoms with Gasteiger partial charge in [0, 0.05) is 16.6 Å². The van der Waals surface area contributed by atoms with E-state index in [4.69, 9.17) is 0 Å². The van der Waals surface area contributed by atoms with Crippen molar-refractivity contribution in [2.45, 2.75) is 20.4 Å². The van der Waals surface area contributed by atoms with Crippen LogP contribution in [0.5, 0.6) is 5.75 Å². The van der Waals surface area contributed by atoms with Crippen molar-refractivity contribution in [3.8, 4) is 5.75 Å². The van der Waals surface area contributed by atoms with E-state index in [1.54, 1.807) is 36.6 Å². The van der Waals surface area contributed by atoms with Crippen LogP contribution in [0, 0.1) is 13.8 Å². The number of carbonyl (C=O) groups is 1. The number of thiazole rings is 1. The van der Waals surface area contributed by atoms with Gasteiger partial charge in [-0.05, 0) is 37.6 Å². The summed E-state index contributed by atoms with van der Waals surface area (Å²) in [4.78, 5) is 17.0. The third-order valence-corrected chi connectivity index (χ3v) is 3.46. The molecule has 2 rings (SSSR count). The van der Waals surface area contributed by atoms with Crippen molar-refractivity contribution in [2.75, 3.05) is 0 Å². The molecule has 0 bridgehead atoms. The molecule has 1 amide bonds. The normalized spacial score (nSPS) is 10.3. The highest BCUT2D eigenvalue weighted by Crippen LogP contribution is 2.17. The first-order chi connectivity index (χ1) is 8.56. The molecule has 94 valence electrons. The Balaban J connectivity index is 2.01. The highest BCUT2D eigenvalue weighted by Gasteiger charge is 2.07. The zero-order chi connectivity index (χ0) is 13.1. The lowest BCUT2D eigenvalue weighted by Gasteiger charge is -2.05. The lowest BCUT2D eigenvalue weighted by molar-refractivity contribution is 0.0951. The van der Waals surface area contributed by atoms with E-state index in [0.29, 0.717) is 17.7 Å². The minimum absolute atomic E-state index is 0.149. The lowest BCUT2D eigenvalue weighted by atomic mass is 10.1. The maximum absolute atomic E-state index is 11.9. The maximum atomic E-state index is 11.9. The fraction of sp³-hybridized carbons (Fsp3) is 0.231. The molecule has 0 atom stereocenters. The van der Waals surface area contributed by atoms with Crippen LogP contribution in [-0.4, -0.2) is 16.0 Å². The van der Waals surface area contributed by atoms with Gasteiger partial charge in [0.2, 0.25) is 0 Å². The third kappa shape index (κ3) is 2.87. The number of nitrogens with zero attached hydrogens (tertiary/aromatic N) is 1.